The summed E-state index contributed by atoms with van der Waals surface area (Å²) in [4.78, 5) is 0. The Balaban J connectivity index is 2.18. The van der Waals surface area contributed by atoms with Crippen LogP contribution in [0.3, 0.4) is 0 Å². The minimum absolute atomic E-state index is 0.0235. The van der Waals surface area contributed by atoms with Gasteiger partial charge in [-0.2, -0.15) is 5.26 Å². The normalized spacial score (nSPS) is 11.8. The number of hydrogen-bond donors (Lipinski definition) is 1. The van der Waals surface area contributed by atoms with E-state index in [1.807, 2.05) is 0 Å². The van der Waals surface area contributed by atoms with Crippen molar-refractivity contribution in [2.75, 3.05) is 6.54 Å². The number of rotatable bonds is 4. The van der Waals surface area contributed by atoms with E-state index in [4.69, 9.17) is 20.1 Å². The fraction of sp³-hybridized carbons (Fsp3) is 0.154. The largest absolute Gasteiger partial charge is 0.481 e. The molecule has 1 aromatic carbocycles. The SMILES string of the molecule is N#Cc1ccc(OC(CN)c2ccco2)cc1F. The standard InChI is InChI=1S/C13H11FN2O2/c14-11-6-10(4-3-9(11)7-15)18-13(8-16)12-2-1-5-17-12/h1-6,13H,8,16H2. The number of halogens is 1. The van der Waals surface area contributed by atoms with Crippen LogP contribution in [-0.4, -0.2) is 6.54 Å². The first-order valence-electron chi connectivity index (χ1n) is 5.34. The molecule has 4 nitrogen and oxygen atoms in total. The number of hydrogen-bond acceptors (Lipinski definition) is 4. The van der Waals surface area contributed by atoms with Gasteiger partial charge in [-0.15, -0.1) is 0 Å². The van der Waals surface area contributed by atoms with Crippen LogP contribution in [0.1, 0.15) is 17.4 Å². The summed E-state index contributed by atoms with van der Waals surface area (Å²) in [5.41, 5.74) is 5.55. The molecular weight excluding hydrogens is 235 g/mol. The maximum Gasteiger partial charge on any atom is 0.168 e. The van der Waals surface area contributed by atoms with E-state index in [1.54, 1.807) is 18.2 Å². The van der Waals surface area contributed by atoms with Crippen molar-refractivity contribution < 1.29 is 13.5 Å². The summed E-state index contributed by atoms with van der Waals surface area (Å²) in [5.74, 6) is 0.255. The van der Waals surface area contributed by atoms with Crippen molar-refractivity contribution in [3.8, 4) is 11.8 Å². The highest BCUT2D eigenvalue weighted by molar-refractivity contribution is 5.36. The third-order valence-electron chi connectivity index (χ3n) is 2.41. The summed E-state index contributed by atoms with van der Waals surface area (Å²) in [6.45, 7) is 0.204. The Hall–Kier alpha value is -2.32. The molecule has 1 atom stereocenters. The van der Waals surface area contributed by atoms with E-state index >= 15 is 0 Å². The van der Waals surface area contributed by atoms with Crippen molar-refractivity contribution in [3.05, 3.63) is 53.7 Å². The van der Waals surface area contributed by atoms with Crippen LogP contribution in [-0.2, 0) is 0 Å². The molecule has 2 N–H and O–H groups in total. The van der Waals surface area contributed by atoms with Crippen LogP contribution in [0.15, 0.2) is 41.0 Å². The molecular formula is C13H11FN2O2. The van der Waals surface area contributed by atoms with Crippen molar-refractivity contribution in [2.24, 2.45) is 5.73 Å². The molecule has 0 amide bonds. The number of nitrogens with zero attached hydrogens (tertiary/aromatic N) is 1. The Morgan fingerprint density at radius 2 is 2.28 bits per heavy atom. The van der Waals surface area contributed by atoms with Gasteiger partial charge in [-0.05, 0) is 24.3 Å². The molecule has 0 fully saturated rings. The lowest BCUT2D eigenvalue weighted by Crippen LogP contribution is -2.17. The lowest BCUT2D eigenvalue weighted by atomic mass is 10.2. The van der Waals surface area contributed by atoms with Gasteiger partial charge in [-0.1, -0.05) is 0 Å². The molecule has 0 bridgehead atoms. The molecule has 0 saturated heterocycles. The molecule has 1 unspecified atom stereocenters. The van der Waals surface area contributed by atoms with E-state index in [9.17, 15) is 4.39 Å². The van der Waals surface area contributed by atoms with Crippen molar-refractivity contribution in [1.29, 1.82) is 5.26 Å². The quantitative estimate of drug-likeness (QED) is 0.898. The molecule has 0 aliphatic heterocycles. The monoisotopic (exact) mass is 246 g/mol. The molecule has 92 valence electrons. The topological polar surface area (TPSA) is 72.2 Å². The molecule has 0 aliphatic rings. The summed E-state index contributed by atoms with van der Waals surface area (Å²) in [6, 6.07) is 9.24. The molecule has 0 saturated carbocycles. The average molecular weight is 246 g/mol. The van der Waals surface area contributed by atoms with E-state index in [1.165, 1.54) is 18.4 Å². The summed E-state index contributed by atoms with van der Waals surface area (Å²) in [5, 5.41) is 8.62. The molecule has 0 spiro atoms. The lowest BCUT2D eigenvalue weighted by molar-refractivity contribution is 0.183. The van der Waals surface area contributed by atoms with E-state index in [0.29, 0.717) is 11.5 Å². The fourth-order valence-electron chi connectivity index (χ4n) is 1.52. The molecule has 2 rings (SSSR count). The number of furan rings is 1. The second kappa shape index (κ2) is 5.34. The predicted octanol–water partition coefficient (Wildman–Crippen LogP) is 2.37. The van der Waals surface area contributed by atoms with Crippen molar-refractivity contribution in [1.82, 2.24) is 0 Å². The number of nitriles is 1. The minimum atomic E-state index is -0.620. The maximum absolute atomic E-state index is 13.4. The van der Waals surface area contributed by atoms with Gasteiger partial charge in [0.25, 0.3) is 0 Å². The van der Waals surface area contributed by atoms with Crippen molar-refractivity contribution in [3.63, 3.8) is 0 Å². The van der Waals surface area contributed by atoms with Gasteiger partial charge in [-0.25, -0.2) is 4.39 Å². The summed E-state index contributed by atoms with van der Waals surface area (Å²) >= 11 is 0. The zero-order valence-corrected chi connectivity index (χ0v) is 9.47. The maximum atomic E-state index is 13.4. The van der Waals surface area contributed by atoms with Gasteiger partial charge in [0.15, 0.2) is 6.10 Å². The van der Waals surface area contributed by atoms with E-state index < -0.39 is 11.9 Å². The average Bonchev–Trinajstić information content (AvgIpc) is 2.90. The predicted molar refractivity (Wildman–Crippen MR) is 62.2 cm³/mol. The van der Waals surface area contributed by atoms with Crippen LogP contribution in [0.5, 0.6) is 5.75 Å². The molecule has 5 heteroatoms. The highest BCUT2D eigenvalue weighted by Gasteiger charge is 2.15. The first-order chi connectivity index (χ1) is 8.74. The van der Waals surface area contributed by atoms with Crippen molar-refractivity contribution >= 4 is 0 Å². The number of nitrogens with two attached hydrogens (primary N) is 1. The van der Waals surface area contributed by atoms with E-state index in [-0.39, 0.29) is 12.1 Å². The van der Waals surface area contributed by atoms with Crippen LogP contribution >= 0.6 is 0 Å². The lowest BCUT2D eigenvalue weighted by Gasteiger charge is -2.15. The summed E-state index contributed by atoms with van der Waals surface area (Å²) < 4.78 is 24.1. The molecule has 18 heavy (non-hydrogen) atoms. The Morgan fingerprint density at radius 1 is 1.44 bits per heavy atom. The second-order valence-corrected chi connectivity index (χ2v) is 3.61. The zero-order chi connectivity index (χ0) is 13.0. The third-order valence-corrected chi connectivity index (χ3v) is 2.41. The first kappa shape index (κ1) is 12.1. The third kappa shape index (κ3) is 2.50. The number of ether oxygens (including phenoxy) is 1. The van der Waals surface area contributed by atoms with E-state index in [0.717, 1.165) is 6.07 Å². The zero-order valence-electron chi connectivity index (χ0n) is 9.47. The van der Waals surface area contributed by atoms with Crippen LogP contribution < -0.4 is 10.5 Å². The number of benzene rings is 1. The van der Waals surface area contributed by atoms with Gasteiger partial charge >= 0.3 is 0 Å². The second-order valence-electron chi connectivity index (χ2n) is 3.61. The van der Waals surface area contributed by atoms with Gasteiger partial charge < -0.3 is 14.9 Å². The van der Waals surface area contributed by atoms with Gasteiger partial charge in [0.2, 0.25) is 0 Å². The Labute approximate surface area is 103 Å². The van der Waals surface area contributed by atoms with Crippen LogP contribution in [0, 0.1) is 17.1 Å². The first-order valence-corrected chi connectivity index (χ1v) is 5.34. The molecule has 0 aliphatic carbocycles. The highest BCUT2D eigenvalue weighted by atomic mass is 19.1. The molecule has 1 heterocycles. The minimum Gasteiger partial charge on any atom is -0.481 e. The van der Waals surface area contributed by atoms with Gasteiger partial charge in [0.05, 0.1) is 11.8 Å². The highest BCUT2D eigenvalue weighted by Crippen LogP contribution is 2.23. The van der Waals surface area contributed by atoms with Crippen molar-refractivity contribution in [2.45, 2.75) is 6.10 Å². The molecule has 0 radical (unpaired) electrons. The Kier molecular flexibility index (Phi) is 3.60. The smallest absolute Gasteiger partial charge is 0.168 e. The Bertz CT molecular complexity index is 561. The summed E-state index contributed by atoms with van der Waals surface area (Å²) in [7, 11) is 0. The Morgan fingerprint density at radius 3 is 2.83 bits per heavy atom. The molecule has 2 aromatic rings. The molecule has 1 aromatic heterocycles. The van der Waals surface area contributed by atoms with E-state index in [2.05, 4.69) is 0 Å². The van der Waals surface area contributed by atoms with Crippen LogP contribution in [0.25, 0.3) is 0 Å². The van der Waals surface area contributed by atoms with Gasteiger partial charge in [-0.3, -0.25) is 0 Å². The van der Waals surface area contributed by atoms with Crippen LogP contribution in [0.4, 0.5) is 4.39 Å². The van der Waals surface area contributed by atoms with Gasteiger partial charge in [0.1, 0.15) is 23.4 Å². The fourth-order valence-corrected chi connectivity index (χ4v) is 1.52. The van der Waals surface area contributed by atoms with Gasteiger partial charge in [0, 0.05) is 12.6 Å². The van der Waals surface area contributed by atoms with Crippen LogP contribution in [0.2, 0.25) is 0 Å². The summed E-state index contributed by atoms with van der Waals surface area (Å²) in [6.07, 6.45) is 1.04.